The van der Waals surface area contributed by atoms with E-state index in [1.807, 2.05) is 25.1 Å². The van der Waals surface area contributed by atoms with Crippen molar-refractivity contribution in [2.75, 3.05) is 11.9 Å². The van der Waals surface area contributed by atoms with Gasteiger partial charge in [0.25, 0.3) is 0 Å². The molecule has 0 fully saturated rings. The van der Waals surface area contributed by atoms with Gasteiger partial charge in [-0.2, -0.15) is 0 Å². The van der Waals surface area contributed by atoms with Gasteiger partial charge in [0.1, 0.15) is 0 Å². The second-order valence-corrected chi connectivity index (χ2v) is 5.15. The van der Waals surface area contributed by atoms with E-state index >= 15 is 0 Å². The Balaban J connectivity index is 2.39. The van der Waals surface area contributed by atoms with E-state index in [1.165, 1.54) is 5.57 Å². The minimum absolute atomic E-state index is 0.0929. The minimum Gasteiger partial charge on any atom is -0.462 e. The fraction of sp³-hybridized carbons (Fsp3) is 0.400. The summed E-state index contributed by atoms with van der Waals surface area (Å²) in [5.74, 6) is -0.271. The Morgan fingerprint density at radius 2 is 2.11 bits per heavy atom. The second-order valence-electron chi connectivity index (χ2n) is 5.15. The first-order valence-electron chi connectivity index (χ1n) is 6.22. The van der Waals surface area contributed by atoms with Gasteiger partial charge in [-0.1, -0.05) is 12.1 Å². The van der Waals surface area contributed by atoms with Crippen molar-refractivity contribution >= 4 is 17.2 Å². The first kappa shape index (κ1) is 12.7. The maximum atomic E-state index is 11.7. The highest BCUT2D eigenvalue weighted by Crippen LogP contribution is 2.34. The van der Waals surface area contributed by atoms with Crippen molar-refractivity contribution in [1.82, 2.24) is 0 Å². The van der Waals surface area contributed by atoms with Crippen LogP contribution in [0.15, 0.2) is 24.3 Å². The van der Waals surface area contributed by atoms with Crippen LogP contribution in [0.4, 0.5) is 5.69 Å². The normalized spacial score (nSPS) is 16.3. The second kappa shape index (κ2) is 4.48. The zero-order valence-electron chi connectivity index (χ0n) is 11.3. The van der Waals surface area contributed by atoms with E-state index in [0.717, 1.165) is 11.3 Å². The van der Waals surface area contributed by atoms with E-state index in [-0.39, 0.29) is 11.5 Å². The summed E-state index contributed by atoms with van der Waals surface area (Å²) < 4.78 is 5.02. The van der Waals surface area contributed by atoms with Crippen LogP contribution in [0, 0.1) is 0 Å². The lowest BCUT2D eigenvalue weighted by atomic mass is 9.90. The van der Waals surface area contributed by atoms with Gasteiger partial charge in [-0.25, -0.2) is 4.79 Å². The predicted octanol–water partition coefficient (Wildman–Crippen LogP) is 3.47. The first-order chi connectivity index (χ1) is 8.43. The van der Waals surface area contributed by atoms with Gasteiger partial charge < -0.3 is 10.1 Å². The Bertz CT molecular complexity index is 515. The van der Waals surface area contributed by atoms with E-state index in [0.29, 0.717) is 12.2 Å². The third-order valence-corrected chi connectivity index (χ3v) is 2.99. The summed E-state index contributed by atoms with van der Waals surface area (Å²) in [6.07, 6.45) is 2.19. The molecule has 1 aromatic rings. The van der Waals surface area contributed by atoms with Crippen LogP contribution in [-0.2, 0) is 4.74 Å². The summed E-state index contributed by atoms with van der Waals surface area (Å²) >= 11 is 0. The summed E-state index contributed by atoms with van der Waals surface area (Å²) in [7, 11) is 0. The van der Waals surface area contributed by atoms with Crippen LogP contribution in [0.5, 0.6) is 0 Å². The molecule has 0 bridgehead atoms. The van der Waals surface area contributed by atoms with Crippen molar-refractivity contribution in [3.63, 3.8) is 0 Å². The molecule has 1 aromatic carbocycles. The molecule has 3 nitrogen and oxygen atoms in total. The number of esters is 1. The monoisotopic (exact) mass is 245 g/mol. The van der Waals surface area contributed by atoms with Crippen LogP contribution in [-0.4, -0.2) is 18.1 Å². The van der Waals surface area contributed by atoms with Crippen molar-refractivity contribution in [3.8, 4) is 0 Å². The standard InChI is InChI=1S/C15H19NO2/c1-5-18-14(17)11-6-7-12-10(2)9-15(3,4)16-13(12)8-11/h6-9,16H,5H2,1-4H3. The van der Waals surface area contributed by atoms with Crippen molar-refractivity contribution in [2.45, 2.75) is 33.2 Å². The highest BCUT2D eigenvalue weighted by atomic mass is 16.5. The SMILES string of the molecule is CCOC(=O)c1ccc2c(c1)NC(C)(C)C=C2C. The molecule has 96 valence electrons. The van der Waals surface area contributed by atoms with Gasteiger partial charge in [0.2, 0.25) is 0 Å². The van der Waals surface area contributed by atoms with Gasteiger partial charge in [0.15, 0.2) is 0 Å². The number of nitrogens with one attached hydrogen (secondary N) is 1. The van der Waals surface area contributed by atoms with Crippen molar-refractivity contribution in [1.29, 1.82) is 0 Å². The molecule has 3 heteroatoms. The van der Waals surface area contributed by atoms with Gasteiger partial charge in [-0.15, -0.1) is 0 Å². The average Bonchev–Trinajstić information content (AvgIpc) is 2.26. The average molecular weight is 245 g/mol. The number of ether oxygens (including phenoxy) is 1. The van der Waals surface area contributed by atoms with Gasteiger partial charge in [0.05, 0.1) is 17.7 Å². The van der Waals surface area contributed by atoms with Crippen LogP contribution in [0.25, 0.3) is 5.57 Å². The van der Waals surface area contributed by atoms with Crippen molar-refractivity contribution < 1.29 is 9.53 Å². The smallest absolute Gasteiger partial charge is 0.338 e. The molecule has 0 aliphatic carbocycles. The zero-order valence-corrected chi connectivity index (χ0v) is 11.3. The molecule has 0 amide bonds. The molecular weight excluding hydrogens is 226 g/mol. The quantitative estimate of drug-likeness (QED) is 0.811. The Morgan fingerprint density at radius 3 is 2.78 bits per heavy atom. The predicted molar refractivity (Wildman–Crippen MR) is 73.8 cm³/mol. The molecule has 0 unspecified atom stereocenters. The molecular formula is C15H19NO2. The summed E-state index contributed by atoms with van der Waals surface area (Å²) in [4.78, 5) is 11.7. The van der Waals surface area contributed by atoms with Crippen LogP contribution in [0.2, 0.25) is 0 Å². The largest absolute Gasteiger partial charge is 0.462 e. The zero-order chi connectivity index (χ0) is 13.3. The van der Waals surface area contributed by atoms with E-state index in [4.69, 9.17) is 4.74 Å². The Kier molecular flexibility index (Phi) is 3.16. The topological polar surface area (TPSA) is 38.3 Å². The number of carbonyl (C=O) groups is 1. The molecule has 0 aromatic heterocycles. The van der Waals surface area contributed by atoms with Crippen LogP contribution in [0.3, 0.4) is 0 Å². The maximum Gasteiger partial charge on any atom is 0.338 e. The fourth-order valence-electron chi connectivity index (χ4n) is 2.34. The molecule has 2 rings (SSSR count). The Hall–Kier alpha value is -1.77. The molecule has 1 aliphatic heterocycles. The van der Waals surface area contributed by atoms with E-state index in [9.17, 15) is 4.79 Å². The molecule has 1 aliphatic rings. The summed E-state index contributed by atoms with van der Waals surface area (Å²) in [6, 6.07) is 5.65. The molecule has 1 heterocycles. The number of carbonyl (C=O) groups excluding carboxylic acids is 1. The van der Waals surface area contributed by atoms with Crippen molar-refractivity contribution in [2.24, 2.45) is 0 Å². The van der Waals surface area contributed by atoms with Gasteiger partial charge in [-0.05, 0) is 45.4 Å². The number of rotatable bonds is 2. The Labute approximate surface area is 108 Å². The first-order valence-corrected chi connectivity index (χ1v) is 6.22. The van der Waals surface area contributed by atoms with Gasteiger partial charge in [-0.3, -0.25) is 0 Å². The molecule has 18 heavy (non-hydrogen) atoms. The molecule has 0 radical (unpaired) electrons. The summed E-state index contributed by atoms with van der Waals surface area (Å²) in [5, 5.41) is 3.42. The third-order valence-electron chi connectivity index (χ3n) is 2.99. The summed E-state index contributed by atoms with van der Waals surface area (Å²) in [6.45, 7) is 8.51. The summed E-state index contributed by atoms with van der Waals surface area (Å²) in [5.41, 5.74) is 3.86. The van der Waals surface area contributed by atoms with E-state index in [2.05, 4.69) is 32.2 Å². The number of hydrogen-bond acceptors (Lipinski definition) is 3. The number of fused-ring (bicyclic) bond motifs is 1. The maximum absolute atomic E-state index is 11.7. The lowest BCUT2D eigenvalue weighted by molar-refractivity contribution is 0.0526. The molecule has 0 atom stereocenters. The molecule has 0 spiro atoms. The Morgan fingerprint density at radius 1 is 1.39 bits per heavy atom. The van der Waals surface area contributed by atoms with Crippen LogP contribution in [0.1, 0.15) is 43.6 Å². The number of hydrogen-bond donors (Lipinski definition) is 1. The molecule has 0 saturated heterocycles. The van der Waals surface area contributed by atoms with E-state index < -0.39 is 0 Å². The van der Waals surface area contributed by atoms with Crippen LogP contribution >= 0.6 is 0 Å². The van der Waals surface area contributed by atoms with E-state index in [1.54, 1.807) is 0 Å². The minimum atomic E-state index is -0.271. The lowest BCUT2D eigenvalue weighted by Crippen LogP contribution is -2.31. The highest BCUT2D eigenvalue weighted by Gasteiger charge is 2.23. The molecule has 1 N–H and O–H groups in total. The number of benzene rings is 1. The highest BCUT2D eigenvalue weighted by molar-refractivity contribution is 5.93. The molecule has 0 saturated carbocycles. The number of anilines is 1. The van der Waals surface area contributed by atoms with Gasteiger partial charge >= 0.3 is 5.97 Å². The van der Waals surface area contributed by atoms with Crippen LogP contribution < -0.4 is 5.32 Å². The van der Waals surface area contributed by atoms with Crippen molar-refractivity contribution in [3.05, 3.63) is 35.4 Å². The number of allylic oxidation sites excluding steroid dienone is 1. The third kappa shape index (κ3) is 2.40. The van der Waals surface area contributed by atoms with Gasteiger partial charge in [0, 0.05) is 11.3 Å². The fourth-order valence-corrected chi connectivity index (χ4v) is 2.34. The lowest BCUT2D eigenvalue weighted by Gasteiger charge is -2.31.